The molecule has 12 aromatic carbocycles. The third-order valence-electron chi connectivity index (χ3n) is 14.0. The number of nitrogens with zero attached hydrogens (tertiary/aromatic N) is 4. The van der Waals surface area contributed by atoms with Gasteiger partial charge >= 0.3 is 0 Å². The molecule has 0 spiro atoms. The first-order chi connectivity index (χ1) is 39.3. The summed E-state index contributed by atoms with van der Waals surface area (Å²) in [6.07, 6.45) is 7.85. The van der Waals surface area contributed by atoms with Crippen LogP contribution in [0.4, 0.5) is 0 Å². The van der Waals surface area contributed by atoms with Crippen molar-refractivity contribution in [3.05, 3.63) is 336 Å². The predicted octanol–water partition coefficient (Wildman–Crippen LogP) is 20.1. The fourth-order valence-electron chi connectivity index (χ4n) is 9.21. The van der Waals surface area contributed by atoms with Crippen molar-refractivity contribution in [1.82, 2.24) is 0 Å². The van der Waals surface area contributed by atoms with Crippen LogP contribution in [0.1, 0.15) is 96.4 Å². The van der Waals surface area contributed by atoms with Gasteiger partial charge in [0.05, 0.1) is 24.2 Å². The van der Waals surface area contributed by atoms with Crippen LogP contribution in [0, 0.1) is 0 Å². The Hall–Kier alpha value is -9.64. The SMILES string of the molecule is C[C@H](N=Cc1ccc2ccccc2c1)c1ccccc1.C[C@H](N=Cc1ccc2ccccc2c1)c1ccccc1.C[C@H](N=Cc1ccc2ccccc2c1)c1ccccc1.C[C@H](N=Cc1ccc2ccccc2c1)c1ccccc1. The molecule has 4 heteroatoms. The second kappa shape index (κ2) is 28.7. The molecule has 0 unspecified atom stereocenters. The Bertz CT molecular complexity index is 3440. The first kappa shape index (κ1) is 55.1. The molecule has 0 aliphatic carbocycles. The van der Waals surface area contributed by atoms with Crippen molar-refractivity contribution in [1.29, 1.82) is 0 Å². The van der Waals surface area contributed by atoms with Gasteiger partial charge in [0.25, 0.3) is 0 Å². The van der Waals surface area contributed by atoms with Crippen molar-refractivity contribution in [2.24, 2.45) is 20.0 Å². The molecule has 392 valence electrons. The molecule has 12 rings (SSSR count). The molecule has 0 amide bonds. The van der Waals surface area contributed by atoms with Crippen LogP contribution >= 0.6 is 0 Å². The van der Waals surface area contributed by atoms with Gasteiger partial charge in [0, 0.05) is 24.9 Å². The molecule has 0 N–H and O–H groups in total. The van der Waals surface area contributed by atoms with Crippen molar-refractivity contribution >= 4 is 67.9 Å². The Kier molecular flexibility index (Phi) is 19.7. The van der Waals surface area contributed by atoms with E-state index in [2.05, 4.69) is 315 Å². The largest absolute Gasteiger partial charge is 0.285 e. The Morgan fingerprint density at radius 1 is 0.200 bits per heavy atom. The lowest BCUT2D eigenvalue weighted by molar-refractivity contribution is 0.825. The van der Waals surface area contributed by atoms with E-state index in [0.717, 1.165) is 22.3 Å². The Morgan fingerprint density at radius 2 is 0.375 bits per heavy atom. The molecule has 4 nitrogen and oxygen atoms in total. The van der Waals surface area contributed by atoms with E-state index < -0.39 is 0 Å². The molecule has 0 heterocycles. The van der Waals surface area contributed by atoms with E-state index in [4.69, 9.17) is 0 Å². The highest BCUT2D eigenvalue weighted by Gasteiger charge is 2.05. The van der Waals surface area contributed by atoms with Gasteiger partial charge in [-0.3, -0.25) is 20.0 Å². The maximum absolute atomic E-state index is 4.65. The number of aliphatic imine (C=N–C) groups is 4. The normalized spacial score (nSPS) is 12.8. The molecule has 0 saturated heterocycles. The van der Waals surface area contributed by atoms with E-state index in [-0.39, 0.29) is 24.2 Å². The second-order valence-corrected chi connectivity index (χ2v) is 19.9. The van der Waals surface area contributed by atoms with Crippen LogP contribution in [-0.4, -0.2) is 24.9 Å². The summed E-state index contributed by atoms with van der Waals surface area (Å²) in [6, 6.07) is 101. The van der Waals surface area contributed by atoms with Crippen molar-refractivity contribution in [3.8, 4) is 0 Å². The van der Waals surface area contributed by atoms with Crippen LogP contribution in [-0.2, 0) is 0 Å². The summed E-state index contributed by atoms with van der Waals surface area (Å²) in [5.41, 5.74) is 9.54. The molecule has 0 radical (unpaired) electrons. The van der Waals surface area contributed by atoms with Crippen LogP contribution in [0.25, 0.3) is 43.1 Å². The first-order valence-electron chi connectivity index (χ1n) is 27.6. The minimum atomic E-state index is 0.183. The highest BCUT2D eigenvalue weighted by atomic mass is 14.8. The van der Waals surface area contributed by atoms with Crippen molar-refractivity contribution in [2.75, 3.05) is 0 Å². The lowest BCUT2D eigenvalue weighted by atomic mass is 10.1. The molecule has 0 aliphatic rings. The van der Waals surface area contributed by atoms with Gasteiger partial charge in [-0.2, -0.15) is 0 Å². The molecule has 0 aliphatic heterocycles. The summed E-state index contributed by atoms with van der Waals surface area (Å²) < 4.78 is 0. The van der Waals surface area contributed by atoms with E-state index in [1.54, 1.807) is 0 Å². The molecule has 4 atom stereocenters. The maximum Gasteiger partial charge on any atom is 0.0721 e. The van der Waals surface area contributed by atoms with Crippen molar-refractivity contribution in [2.45, 2.75) is 51.9 Å². The third kappa shape index (κ3) is 16.2. The summed E-state index contributed by atoms with van der Waals surface area (Å²) in [4.78, 5) is 18.6. The van der Waals surface area contributed by atoms with Crippen LogP contribution in [0.2, 0.25) is 0 Å². The Labute approximate surface area is 473 Å². The van der Waals surface area contributed by atoms with Gasteiger partial charge in [-0.25, -0.2) is 0 Å². The number of benzene rings is 12. The lowest BCUT2D eigenvalue weighted by Crippen LogP contribution is -1.90. The van der Waals surface area contributed by atoms with Gasteiger partial charge < -0.3 is 0 Å². The zero-order valence-corrected chi connectivity index (χ0v) is 46.1. The van der Waals surface area contributed by atoms with Gasteiger partial charge in [-0.1, -0.05) is 267 Å². The smallest absolute Gasteiger partial charge is 0.0721 e. The quantitative estimate of drug-likeness (QED) is 0.110. The molecule has 0 saturated carbocycles. The third-order valence-corrected chi connectivity index (χ3v) is 14.0. The van der Waals surface area contributed by atoms with Gasteiger partial charge in [0.15, 0.2) is 0 Å². The average molecular weight is 1040 g/mol. The number of rotatable bonds is 12. The van der Waals surface area contributed by atoms with E-state index in [1.165, 1.54) is 65.3 Å². The van der Waals surface area contributed by atoms with E-state index in [9.17, 15) is 0 Å². The highest BCUT2D eigenvalue weighted by Crippen LogP contribution is 2.23. The van der Waals surface area contributed by atoms with Crippen LogP contribution < -0.4 is 0 Å². The molecule has 12 aromatic rings. The number of hydrogen-bond acceptors (Lipinski definition) is 4. The Morgan fingerprint density at radius 3 is 0.575 bits per heavy atom. The predicted molar refractivity (Wildman–Crippen MR) is 346 cm³/mol. The zero-order chi connectivity index (χ0) is 55.1. The standard InChI is InChI=1S/4C19H17N/c4*1-15(17-7-3-2-4-8-17)20-14-16-11-12-18-9-5-6-10-19(18)13-16/h4*2-15H,1H3/t4*15-/m0000/s1. The van der Waals surface area contributed by atoms with E-state index in [0.29, 0.717) is 0 Å². The van der Waals surface area contributed by atoms with Gasteiger partial charge in [-0.05, 0) is 140 Å². The molecular formula is C76H68N4. The number of hydrogen-bond donors (Lipinski definition) is 0. The van der Waals surface area contributed by atoms with Crippen LogP contribution in [0.5, 0.6) is 0 Å². The summed E-state index contributed by atoms with van der Waals surface area (Å²) in [5.74, 6) is 0. The topological polar surface area (TPSA) is 49.4 Å². The molecule has 80 heavy (non-hydrogen) atoms. The molecule has 0 fully saturated rings. The summed E-state index contributed by atoms with van der Waals surface area (Å²) >= 11 is 0. The molecule has 0 bridgehead atoms. The highest BCUT2D eigenvalue weighted by molar-refractivity contribution is 5.93. The minimum Gasteiger partial charge on any atom is -0.285 e. The van der Waals surface area contributed by atoms with Crippen LogP contribution in [0.3, 0.4) is 0 Å². The summed E-state index contributed by atoms with van der Waals surface area (Å²) in [5, 5.41) is 10.1. The first-order valence-corrected chi connectivity index (χ1v) is 27.6. The average Bonchev–Trinajstić information content (AvgIpc) is 3.53. The summed E-state index contributed by atoms with van der Waals surface area (Å²) in [7, 11) is 0. The van der Waals surface area contributed by atoms with Crippen LogP contribution in [0.15, 0.2) is 311 Å². The second-order valence-electron chi connectivity index (χ2n) is 19.9. The Balaban J connectivity index is 0.000000129. The fraction of sp³-hybridized carbons (Fsp3) is 0.105. The van der Waals surface area contributed by atoms with Crippen molar-refractivity contribution in [3.63, 3.8) is 0 Å². The van der Waals surface area contributed by atoms with Crippen molar-refractivity contribution < 1.29 is 0 Å². The fourth-order valence-corrected chi connectivity index (χ4v) is 9.21. The maximum atomic E-state index is 4.65. The van der Waals surface area contributed by atoms with E-state index in [1.807, 2.05) is 49.1 Å². The summed E-state index contributed by atoms with van der Waals surface area (Å²) in [6.45, 7) is 8.47. The number of fused-ring (bicyclic) bond motifs is 4. The van der Waals surface area contributed by atoms with Gasteiger partial charge in [0.2, 0.25) is 0 Å². The van der Waals surface area contributed by atoms with Gasteiger partial charge in [0.1, 0.15) is 0 Å². The lowest BCUT2D eigenvalue weighted by Gasteiger charge is -2.06. The zero-order valence-electron chi connectivity index (χ0n) is 46.1. The monoisotopic (exact) mass is 1040 g/mol. The minimum absolute atomic E-state index is 0.183. The van der Waals surface area contributed by atoms with E-state index >= 15 is 0 Å². The molecule has 0 aromatic heterocycles. The van der Waals surface area contributed by atoms with Gasteiger partial charge in [-0.15, -0.1) is 0 Å². The molecular weight excluding hydrogens is 969 g/mol.